The predicted octanol–water partition coefficient (Wildman–Crippen LogP) is 8.46. The maximum absolute atomic E-state index is 6.08. The van der Waals surface area contributed by atoms with Crippen LogP contribution in [0.4, 0.5) is 0 Å². The highest BCUT2D eigenvalue weighted by Gasteiger charge is 2.16. The summed E-state index contributed by atoms with van der Waals surface area (Å²) in [7, 11) is 4.35. The highest BCUT2D eigenvalue weighted by atomic mass is 16.7. The third-order valence-electron chi connectivity index (χ3n) is 5.97. The quantitative estimate of drug-likeness (QED) is 0.120. The van der Waals surface area contributed by atoms with Crippen molar-refractivity contribution in [3.63, 3.8) is 0 Å². The van der Waals surface area contributed by atoms with Gasteiger partial charge in [0.05, 0.1) is 14.1 Å². The second kappa shape index (κ2) is 18.0. The molecule has 1 aromatic carbocycles. The number of benzene rings is 1. The van der Waals surface area contributed by atoms with Crippen LogP contribution in [-0.2, 0) is 11.4 Å². The van der Waals surface area contributed by atoms with E-state index in [-0.39, 0.29) is 0 Å². The zero-order valence-corrected chi connectivity index (χ0v) is 20.0. The molecule has 0 atom stereocenters. The summed E-state index contributed by atoms with van der Waals surface area (Å²) in [5.74, 6) is 0. The molecular formula is C27H50NO+. The van der Waals surface area contributed by atoms with Crippen molar-refractivity contribution in [1.29, 1.82) is 0 Å². The number of nitrogens with zero attached hydrogens (tertiary/aromatic N) is 1. The Kier molecular flexibility index (Phi) is 16.2. The lowest BCUT2D eigenvalue weighted by atomic mass is 10.0. The zero-order valence-electron chi connectivity index (χ0n) is 20.0. The van der Waals surface area contributed by atoms with E-state index in [9.17, 15) is 0 Å². The van der Waals surface area contributed by atoms with Crippen molar-refractivity contribution in [2.24, 2.45) is 0 Å². The Balaban J connectivity index is 1.82. The van der Waals surface area contributed by atoms with E-state index in [1.807, 2.05) is 0 Å². The molecule has 2 heteroatoms. The predicted molar refractivity (Wildman–Crippen MR) is 128 cm³/mol. The highest BCUT2D eigenvalue weighted by Crippen LogP contribution is 2.14. The van der Waals surface area contributed by atoms with Gasteiger partial charge in [-0.1, -0.05) is 127 Å². The third-order valence-corrected chi connectivity index (χ3v) is 5.97. The van der Waals surface area contributed by atoms with Crippen molar-refractivity contribution in [2.75, 3.05) is 20.6 Å². The Morgan fingerprint density at radius 1 is 0.586 bits per heavy atom. The van der Waals surface area contributed by atoms with Crippen LogP contribution >= 0.6 is 0 Å². The van der Waals surface area contributed by atoms with E-state index in [1.165, 1.54) is 108 Å². The Bertz CT molecular complexity index is 457. The van der Waals surface area contributed by atoms with E-state index < -0.39 is 0 Å². The molecule has 0 aliphatic heterocycles. The van der Waals surface area contributed by atoms with E-state index in [0.717, 1.165) is 6.54 Å². The van der Waals surface area contributed by atoms with Crippen LogP contribution in [0.5, 0.6) is 0 Å². The highest BCUT2D eigenvalue weighted by molar-refractivity contribution is 5.13. The second-order valence-corrected chi connectivity index (χ2v) is 9.36. The molecule has 0 bridgehead atoms. The van der Waals surface area contributed by atoms with Gasteiger partial charge in [0, 0.05) is 0 Å². The Hall–Kier alpha value is -0.860. The first kappa shape index (κ1) is 26.2. The largest absolute Gasteiger partial charge is 0.199 e. The Morgan fingerprint density at radius 2 is 1.00 bits per heavy atom. The van der Waals surface area contributed by atoms with Crippen LogP contribution in [0.1, 0.15) is 115 Å². The van der Waals surface area contributed by atoms with Gasteiger partial charge in [-0.15, -0.1) is 0 Å². The fraction of sp³-hybridized carbons (Fsp3) is 0.778. The van der Waals surface area contributed by atoms with Crippen LogP contribution in [-0.4, -0.2) is 25.3 Å². The molecule has 0 aromatic heterocycles. The lowest BCUT2D eigenvalue weighted by Gasteiger charge is -2.27. The summed E-state index contributed by atoms with van der Waals surface area (Å²) >= 11 is 0. The van der Waals surface area contributed by atoms with Crippen molar-refractivity contribution >= 4 is 0 Å². The van der Waals surface area contributed by atoms with Crippen molar-refractivity contribution < 1.29 is 9.48 Å². The molecule has 0 heterocycles. The van der Waals surface area contributed by atoms with Gasteiger partial charge in [0.15, 0.2) is 0 Å². The van der Waals surface area contributed by atoms with E-state index in [1.54, 1.807) is 0 Å². The summed E-state index contributed by atoms with van der Waals surface area (Å²) in [5.41, 5.74) is 1.26. The maximum Gasteiger partial charge on any atom is 0.131 e. The number of quaternary nitrogens is 1. The van der Waals surface area contributed by atoms with Crippen LogP contribution in [0.25, 0.3) is 0 Å². The van der Waals surface area contributed by atoms with Gasteiger partial charge in [-0.05, 0) is 18.4 Å². The van der Waals surface area contributed by atoms with Crippen molar-refractivity contribution in [3.8, 4) is 0 Å². The molecule has 0 saturated carbocycles. The van der Waals surface area contributed by atoms with Crippen molar-refractivity contribution in [2.45, 2.75) is 116 Å². The lowest BCUT2D eigenvalue weighted by Crippen LogP contribution is -2.40. The van der Waals surface area contributed by atoms with Gasteiger partial charge in [-0.2, -0.15) is 9.48 Å². The molecule has 0 amide bonds. The number of rotatable bonds is 20. The van der Waals surface area contributed by atoms with Gasteiger partial charge in [0.2, 0.25) is 0 Å². The molecular weight excluding hydrogens is 354 g/mol. The summed E-state index contributed by atoms with van der Waals surface area (Å²) in [6.07, 6.45) is 22.7. The molecule has 1 aromatic rings. The number of unbranched alkanes of at least 4 members (excludes halogenated alkanes) is 15. The van der Waals surface area contributed by atoms with Gasteiger partial charge >= 0.3 is 0 Å². The minimum absolute atomic E-state index is 0.660. The summed E-state index contributed by atoms with van der Waals surface area (Å²) in [6.45, 7) is 4.10. The molecule has 29 heavy (non-hydrogen) atoms. The Morgan fingerprint density at radius 3 is 1.45 bits per heavy atom. The van der Waals surface area contributed by atoms with Gasteiger partial charge in [-0.3, -0.25) is 0 Å². The Labute approximate surface area is 182 Å². The molecule has 2 nitrogen and oxygen atoms in total. The lowest BCUT2D eigenvalue weighted by molar-refractivity contribution is -1.08. The van der Waals surface area contributed by atoms with Gasteiger partial charge in [0.1, 0.15) is 13.2 Å². The molecule has 0 saturated heterocycles. The summed E-state index contributed by atoms with van der Waals surface area (Å²) < 4.78 is 0.660. The first-order valence-electron chi connectivity index (χ1n) is 12.7. The minimum Gasteiger partial charge on any atom is -0.199 e. The number of hydroxylamine groups is 3. The molecule has 0 fully saturated rings. The zero-order chi connectivity index (χ0) is 21.0. The fourth-order valence-corrected chi connectivity index (χ4v) is 3.93. The number of hydrogen-bond donors (Lipinski definition) is 0. The smallest absolute Gasteiger partial charge is 0.131 e. The first-order valence-corrected chi connectivity index (χ1v) is 12.7. The maximum atomic E-state index is 6.08. The molecule has 0 N–H and O–H groups in total. The van der Waals surface area contributed by atoms with Gasteiger partial charge < -0.3 is 0 Å². The van der Waals surface area contributed by atoms with Crippen LogP contribution < -0.4 is 0 Å². The molecule has 0 radical (unpaired) electrons. The monoisotopic (exact) mass is 404 g/mol. The van der Waals surface area contributed by atoms with E-state index in [4.69, 9.17) is 4.84 Å². The van der Waals surface area contributed by atoms with Crippen LogP contribution in [0, 0.1) is 0 Å². The molecule has 0 aliphatic carbocycles. The topological polar surface area (TPSA) is 9.23 Å². The average Bonchev–Trinajstić information content (AvgIpc) is 2.73. The molecule has 0 aliphatic rings. The molecule has 1 rings (SSSR count). The standard InChI is InChI=1S/C27H50NO/c1-4-5-6-7-8-9-10-11-12-13-14-15-16-17-18-22-25-28(2,3)29-26-27-23-20-19-21-24-27/h19-21,23-24H,4-18,22,25-26H2,1-3H3/q+1. The third kappa shape index (κ3) is 16.6. The second-order valence-electron chi connectivity index (χ2n) is 9.36. The average molecular weight is 405 g/mol. The number of hydrogen-bond acceptors (Lipinski definition) is 1. The van der Waals surface area contributed by atoms with E-state index in [0.29, 0.717) is 11.3 Å². The normalized spacial score (nSPS) is 11.8. The summed E-state index contributed by atoms with van der Waals surface area (Å²) in [5, 5.41) is 0. The molecule has 168 valence electrons. The first-order chi connectivity index (χ1) is 14.1. The van der Waals surface area contributed by atoms with Crippen LogP contribution in [0.15, 0.2) is 30.3 Å². The summed E-state index contributed by atoms with van der Waals surface area (Å²) in [6, 6.07) is 10.5. The van der Waals surface area contributed by atoms with Crippen molar-refractivity contribution in [1.82, 2.24) is 0 Å². The fourth-order valence-electron chi connectivity index (χ4n) is 3.93. The van der Waals surface area contributed by atoms with E-state index >= 15 is 0 Å². The van der Waals surface area contributed by atoms with Crippen LogP contribution in [0.3, 0.4) is 0 Å². The minimum atomic E-state index is 0.660. The molecule has 0 spiro atoms. The summed E-state index contributed by atoms with van der Waals surface area (Å²) in [4.78, 5) is 6.08. The SMILES string of the molecule is CCCCCCCCCCCCCCCCCC[N+](C)(C)OCc1ccccc1. The van der Waals surface area contributed by atoms with Gasteiger partial charge in [0.25, 0.3) is 0 Å². The van der Waals surface area contributed by atoms with Crippen LogP contribution in [0.2, 0.25) is 0 Å². The van der Waals surface area contributed by atoms with Gasteiger partial charge in [-0.25, -0.2) is 0 Å². The molecule has 0 unspecified atom stereocenters. The van der Waals surface area contributed by atoms with E-state index in [2.05, 4.69) is 51.4 Å². The van der Waals surface area contributed by atoms with Crippen molar-refractivity contribution in [3.05, 3.63) is 35.9 Å².